The first-order chi connectivity index (χ1) is 11.9. The van der Waals surface area contributed by atoms with E-state index in [2.05, 4.69) is 9.97 Å². The number of pyridine rings is 1. The van der Waals surface area contributed by atoms with Crippen LogP contribution in [0, 0.1) is 29.8 Å². The number of nitro groups is 1. The maximum atomic E-state index is 14.0. The highest BCUT2D eigenvalue weighted by Crippen LogP contribution is 2.37. The average molecular weight is 342 g/mol. The lowest BCUT2D eigenvalue weighted by Gasteiger charge is -2.12. The highest BCUT2D eigenvalue weighted by Gasteiger charge is 2.26. The van der Waals surface area contributed by atoms with Gasteiger partial charge in [-0.2, -0.15) is 0 Å². The number of imidazole rings is 1. The van der Waals surface area contributed by atoms with Gasteiger partial charge in [-0.25, -0.2) is 9.37 Å². The zero-order chi connectivity index (χ0) is 18.1. The SMILES string of the molecule is COc1cc(F)cc(-n2cc(C)nc2-c2ccncc2C)c1[N+](=O)[O-]. The van der Waals surface area contributed by atoms with Crippen LogP contribution >= 0.6 is 0 Å². The zero-order valence-electron chi connectivity index (χ0n) is 13.9. The van der Waals surface area contributed by atoms with Crippen LogP contribution in [0.3, 0.4) is 0 Å². The van der Waals surface area contributed by atoms with Gasteiger partial charge in [-0.05, 0) is 25.5 Å². The second-order valence-corrected chi connectivity index (χ2v) is 5.50. The third-order valence-corrected chi connectivity index (χ3v) is 3.77. The summed E-state index contributed by atoms with van der Waals surface area (Å²) in [5.74, 6) is -0.321. The molecule has 0 saturated heterocycles. The second kappa shape index (κ2) is 6.31. The Hall–Kier alpha value is -3.29. The molecule has 128 valence electrons. The van der Waals surface area contributed by atoms with Crippen molar-refractivity contribution in [3.05, 3.63) is 64.0 Å². The smallest absolute Gasteiger partial charge is 0.334 e. The first kappa shape index (κ1) is 16.6. The first-order valence-electron chi connectivity index (χ1n) is 7.41. The molecule has 8 heteroatoms. The van der Waals surface area contributed by atoms with E-state index in [0.717, 1.165) is 23.3 Å². The molecule has 0 aliphatic heterocycles. The van der Waals surface area contributed by atoms with E-state index in [0.29, 0.717) is 11.5 Å². The fraction of sp³-hybridized carbons (Fsp3) is 0.176. The molecule has 7 nitrogen and oxygen atoms in total. The highest BCUT2D eigenvalue weighted by atomic mass is 19.1. The molecular weight excluding hydrogens is 327 g/mol. The lowest BCUT2D eigenvalue weighted by molar-refractivity contribution is -0.385. The van der Waals surface area contributed by atoms with Crippen LogP contribution in [0.25, 0.3) is 17.1 Å². The van der Waals surface area contributed by atoms with E-state index < -0.39 is 10.7 Å². The molecule has 0 fully saturated rings. The summed E-state index contributed by atoms with van der Waals surface area (Å²) in [5.41, 5.74) is 1.97. The van der Waals surface area contributed by atoms with E-state index in [1.165, 1.54) is 11.7 Å². The molecule has 0 aliphatic rings. The van der Waals surface area contributed by atoms with Crippen molar-refractivity contribution in [3.63, 3.8) is 0 Å². The molecular formula is C17H15FN4O3. The molecule has 0 spiro atoms. The largest absolute Gasteiger partial charge is 0.490 e. The molecule has 0 amide bonds. The van der Waals surface area contributed by atoms with E-state index in [4.69, 9.17) is 4.74 Å². The van der Waals surface area contributed by atoms with Crippen LogP contribution in [0.5, 0.6) is 5.75 Å². The minimum atomic E-state index is -0.638. The topological polar surface area (TPSA) is 83.1 Å². The Balaban J connectivity index is 2.34. The fourth-order valence-corrected chi connectivity index (χ4v) is 2.68. The van der Waals surface area contributed by atoms with Gasteiger partial charge in [0.2, 0.25) is 5.75 Å². The summed E-state index contributed by atoms with van der Waals surface area (Å²) in [7, 11) is 1.26. The van der Waals surface area contributed by atoms with Crippen LogP contribution in [-0.4, -0.2) is 26.6 Å². The molecule has 25 heavy (non-hydrogen) atoms. The lowest BCUT2D eigenvalue weighted by Crippen LogP contribution is -2.05. The number of hydrogen-bond acceptors (Lipinski definition) is 5. The van der Waals surface area contributed by atoms with Gasteiger partial charge in [0, 0.05) is 36.3 Å². The third kappa shape index (κ3) is 2.93. The second-order valence-electron chi connectivity index (χ2n) is 5.50. The molecule has 0 bridgehead atoms. The molecule has 2 aromatic heterocycles. The Morgan fingerprint density at radius 3 is 2.72 bits per heavy atom. The maximum Gasteiger partial charge on any atom is 0.334 e. The van der Waals surface area contributed by atoms with E-state index in [9.17, 15) is 14.5 Å². The number of rotatable bonds is 4. The summed E-state index contributed by atoms with van der Waals surface area (Å²) < 4.78 is 20.5. The molecule has 1 aromatic carbocycles. The molecule has 0 atom stereocenters. The van der Waals surface area contributed by atoms with E-state index in [1.807, 2.05) is 6.92 Å². The fourth-order valence-electron chi connectivity index (χ4n) is 2.68. The molecule has 0 saturated carbocycles. The van der Waals surface area contributed by atoms with Gasteiger partial charge in [-0.15, -0.1) is 0 Å². The van der Waals surface area contributed by atoms with E-state index in [1.54, 1.807) is 31.6 Å². The minimum Gasteiger partial charge on any atom is -0.490 e. The molecule has 0 radical (unpaired) electrons. The van der Waals surface area contributed by atoms with Crippen molar-refractivity contribution in [2.75, 3.05) is 7.11 Å². The van der Waals surface area contributed by atoms with Gasteiger partial charge >= 0.3 is 5.69 Å². The number of aromatic nitrogens is 3. The van der Waals surface area contributed by atoms with Crippen molar-refractivity contribution >= 4 is 5.69 Å². The number of nitrogens with zero attached hydrogens (tertiary/aromatic N) is 4. The highest BCUT2D eigenvalue weighted by molar-refractivity contribution is 5.68. The van der Waals surface area contributed by atoms with Gasteiger partial charge in [0.25, 0.3) is 0 Å². The number of benzene rings is 1. The van der Waals surface area contributed by atoms with E-state index >= 15 is 0 Å². The van der Waals surface area contributed by atoms with Crippen LogP contribution in [0.1, 0.15) is 11.3 Å². The first-order valence-corrected chi connectivity index (χ1v) is 7.41. The Morgan fingerprint density at radius 1 is 1.32 bits per heavy atom. The quantitative estimate of drug-likeness (QED) is 0.534. The van der Waals surface area contributed by atoms with Gasteiger partial charge in [-0.3, -0.25) is 19.7 Å². The number of hydrogen-bond donors (Lipinski definition) is 0. The van der Waals surface area contributed by atoms with Crippen molar-refractivity contribution < 1.29 is 14.1 Å². The standard InChI is InChI=1S/C17H15FN4O3/c1-10-8-19-5-4-13(10)17-20-11(2)9-21(17)14-6-12(18)7-15(25-3)16(14)22(23)24/h4-9H,1-3H3. The Kier molecular flexibility index (Phi) is 4.18. The van der Waals surface area contributed by atoms with Gasteiger partial charge in [0.05, 0.1) is 17.7 Å². The Labute approximate surface area is 142 Å². The summed E-state index contributed by atoms with van der Waals surface area (Å²) in [5, 5.41) is 11.6. The van der Waals surface area contributed by atoms with Crippen LogP contribution in [0.4, 0.5) is 10.1 Å². The Morgan fingerprint density at radius 2 is 2.08 bits per heavy atom. The van der Waals surface area contributed by atoms with Crippen LogP contribution in [-0.2, 0) is 0 Å². The summed E-state index contributed by atoms with van der Waals surface area (Å²) in [6, 6.07) is 3.85. The maximum absolute atomic E-state index is 14.0. The van der Waals surface area contributed by atoms with Crippen molar-refractivity contribution in [2.24, 2.45) is 0 Å². The van der Waals surface area contributed by atoms with Gasteiger partial charge in [-0.1, -0.05) is 0 Å². The molecule has 0 aliphatic carbocycles. The molecule has 0 N–H and O–H groups in total. The van der Waals surface area contributed by atoms with Crippen LogP contribution in [0.2, 0.25) is 0 Å². The van der Waals surface area contributed by atoms with E-state index in [-0.39, 0.29) is 17.1 Å². The van der Waals surface area contributed by atoms with Crippen molar-refractivity contribution in [1.82, 2.24) is 14.5 Å². The molecule has 2 heterocycles. The van der Waals surface area contributed by atoms with Crippen molar-refractivity contribution in [1.29, 1.82) is 0 Å². The molecule has 3 aromatic rings. The number of ether oxygens (including phenoxy) is 1. The summed E-state index contributed by atoms with van der Waals surface area (Å²) in [6.45, 7) is 3.62. The average Bonchev–Trinajstić information content (AvgIpc) is 2.95. The monoisotopic (exact) mass is 342 g/mol. The molecule has 0 unspecified atom stereocenters. The van der Waals surface area contributed by atoms with Gasteiger partial charge < -0.3 is 4.74 Å². The predicted molar refractivity (Wildman–Crippen MR) is 89.4 cm³/mol. The number of aryl methyl sites for hydroxylation is 2. The summed E-state index contributed by atoms with van der Waals surface area (Å²) in [4.78, 5) is 19.5. The Bertz CT molecular complexity index is 969. The third-order valence-electron chi connectivity index (χ3n) is 3.77. The zero-order valence-corrected chi connectivity index (χ0v) is 13.9. The lowest BCUT2D eigenvalue weighted by atomic mass is 10.1. The van der Waals surface area contributed by atoms with Gasteiger partial charge in [0.1, 0.15) is 17.3 Å². The number of halogens is 1. The molecule has 3 rings (SSSR count). The minimum absolute atomic E-state index is 0.0497. The van der Waals surface area contributed by atoms with Crippen LogP contribution < -0.4 is 4.74 Å². The van der Waals surface area contributed by atoms with Crippen molar-refractivity contribution in [2.45, 2.75) is 13.8 Å². The number of methoxy groups -OCH3 is 1. The van der Waals surface area contributed by atoms with Gasteiger partial charge in [0.15, 0.2) is 0 Å². The summed E-state index contributed by atoms with van der Waals surface area (Å²) in [6.07, 6.45) is 4.90. The number of nitro benzene ring substituents is 1. The predicted octanol–water partition coefficient (Wildman–Crippen LogP) is 3.61. The van der Waals surface area contributed by atoms with Crippen molar-refractivity contribution in [3.8, 4) is 22.8 Å². The van der Waals surface area contributed by atoms with Crippen LogP contribution in [0.15, 0.2) is 36.8 Å². The summed E-state index contributed by atoms with van der Waals surface area (Å²) >= 11 is 0. The normalized spacial score (nSPS) is 10.7.